The largest absolute Gasteiger partial charge is 0.478 e. The number of hydrogen-bond acceptors (Lipinski definition) is 4. The third-order valence-corrected chi connectivity index (χ3v) is 2.10. The SMILES string of the molecule is CCOC(=O)NC(=S)Nc1ccccc1C(=O)O. The van der Waals surface area contributed by atoms with E-state index >= 15 is 0 Å². The molecule has 0 fully saturated rings. The van der Waals surface area contributed by atoms with Crippen LogP contribution in [0.2, 0.25) is 0 Å². The first-order valence-corrected chi connectivity index (χ1v) is 5.52. The van der Waals surface area contributed by atoms with Crippen LogP contribution in [0.1, 0.15) is 17.3 Å². The second-order valence-corrected chi connectivity index (χ2v) is 3.56. The van der Waals surface area contributed by atoms with E-state index in [2.05, 4.69) is 15.4 Å². The van der Waals surface area contributed by atoms with E-state index in [1.165, 1.54) is 6.07 Å². The van der Waals surface area contributed by atoms with Gasteiger partial charge < -0.3 is 15.2 Å². The summed E-state index contributed by atoms with van der Waals surface area (Å²) < 4.78 is 4.63. The summed E-state index contributed by atoms with van der Waals surface area (Å²) in [4.78, 5) is 22.0. The Hall–Kier alpha value is -2.15. The van der Waals surface area contributed by atoms with E-state index in [9.17, 15) is 9.59 Å². The fourth-order valence-corrected chi connectivity index (χ4v) is 1.39. The maximum absolute atomic E-state index is 11.1. The highest BCUT2D eigenvalue weighted by atomic mass is 32.1. The van der Waals surface area contributed by atoms with Crippen LogP contribution in [-0.4, -0.2) is 28.9 Å². The zero-order valence-electron chi connectivity index (χ0n) is 9.60. The van der Waals surface area contributed by atoms with Gasteiger partial charge in [-0.15, -0.1) is 0 Å². The van der Waals surface area contributed by atoms with Crippen molar-refractivity contribution in [2.45, 2.75) is 6.92 Å². The van der Waals surface area contributed by atoms with Gasteiger partial charge in [-0.05, 0) is 31.3 Å². The molecule has 0 aliphatic carbocycles. The van der Waals surface area contributed by atoms with E-state index in [1.54, 1.807) is 25.1 Å². The minimum atomic E-state index is -1.09. The monoisotopic (exact) mass is 268 g/mol. The Morgan fingerprint density at radius 1 is 1.39 bits per heavy atom. The molecule has 0 aromatic heterocycles. The van der Waals surface area contributed by atoms with E-state index in [0.717, 1.165) is 0 Å². The Bertz CT molecular complexity index is 476. The molecule has 96 valence electrons. The number of ether oxygens (including phenoxy) is 1. The molecule has 0 saturated heterocycles. The quantitative estimate of drug-likeness (QED) is 0.725. The van der Waals surface area contributed by atoms with Crippen LogP contribution in [-0.2, 0) is 4.74 Å². The summed E-state index contributed by atoms with van der Waals surface area (Å²) in [6.45, 7) is 1.88. The Kier molecular flexibility index (Phi) is 5.06. The van der Waals surface area contributed by atoms with Gasteiger partial charge in [0.05, 0.1) is 17.9 Å². The van der Waals surface area contributed by atoms with Crippen LogP contribution in [0.15, 0.2) is 24.3 Å². The highest BCUT2D eigenvalue weighted by Gasteiger charge is 2.11. The number of thiocarbonyl (C=S) groups is 1. The van der Waals surface area contributed by atoms with Crippen molar-refractivity contribution in [3.05, 3.63) is 29.8 Å². The van der Waals surface area contributed by atoms with Crippen LogP contribution in [0.4, 0.5) is 10.5 Å². The second-order valence-electron chi connectivity index (χ2n) is 3.15. The number of para-hydroxylation sites is 1. The molecular weight excluding hydrogens is 256 g/mol. The second kappa shape index (κ2) is 6.55. The first-order chi connectivity index (χ1) is 8.54. The van der Waals surface area contributed by atoms with E-state index in [-0.39, 0.29) is 17.3 Å². The molecule has 7 heteroatoms. The number of rotatable bonds is 3. The molecule has 0 bridgehead atoms. The van der Waals surface area contributed by atoms with Gasteiger partial charge >= 0.3 is 12.1 Å². The zero-order valence-corrected chi connectivity index (χ0v) is 10.4. The number of amides is 1. The summed E-state index contributed by atoms with van der Waals surface area (Å²) in [5, 5.41) is 13.8. The standard InChI is InChI=1S/C11H12N2O4S/c1-2-17-11(16)13-10(18)12-8-6-4-3-5-7(8)9(14)15/h3-6H,2H2,1H3,(H,14,15)(H2,12,13,16,18). The number of carboxylic acid groups (broad SMARTS) is 1. The van der Waals surface area contributed by atoms with E-state index < -0.39 is 12.1 Å². The van der Waals surface area contributed by atoms with Gasteiger partial charge in [0, 0.05) is 0 Å². The summed E-state index contributed by atoms with van der Waals surface area (Å²) >= 11 is 4.86. The average molecular weight is 268 g/mol. The number of hydrogen-bond donors (Lipinski definition) is 3. The maximum atomic E-state index is 11.1. The Labute approximate surface area is 109 Å². The van der Waals surface area contributed by atoms with Crippen molar-refractivity contribution in [3.63, 3.8) is 0 Å². The van der Waals surface area contributed by atoms with Crippen LogP contribution in [0.3, 0.4) is 0 Å². The average Bonchev–Trinajstić information content (AvgIpc) is 2.29. The predicted octanol–water partition coefficient (Wildman–Crippen LogP) is 1.83. The highest BCUT2D eigenvalue weighted by Crippen LogP contribution is 2.14. The summed E-state index contributed by atoms with van der Waals surface area (Å²) in [5.41, 5.74) is 0.359. The molecule has 0 heterocycles. The van der Waals surface area contributed by atoms with Gasteiger partial charge in [-0.25, -0.2) is 9.59 Å². The fraction of sp³-hybridized carbons (Fsp3) is 0.182. The molecule has 1 aromatic rings. The summed E-state index contributed by atoms with van der Waals surface area (Å²) in [6, 6.07) is 6.22. The van der Waals surface area contributed by atoms with Gasteiger partial charge in [0.2, 0.25) is 0 Å². The van der Waals surface area contributed by atoms with Crippen molar-refractivity contribution in [2.24, 2.45) is 0 Å². The normalized spacial score (nSPS) is 9.39. The zero-order chi connectivity index (χ0) is 13.5. The molecule has 3 N–H and O–H groups in total. The van der Waals surface area contributed by atoms with Gasteiger partial charge in [-0.1, -0.05) is 12.1 Å². The summed E-state index contributed by atoms with van der Waals surface area (Å²) in [7, 11) is 0. The van der Waals surface area contributed by atoms with Gasteiger partial charge in [-0.2, -0.15) is 0 Å². The third-order valence-electron chi connectivity index (χ3n) is 1.90. The van der Waals surface area contributed by atoms with Crippen LogP contribution in [0.25, 0.3) is 0 Å². The lowest BCUT2D eigenvalue weighted by Crippen LogP contribution is -2.34. The number of alkyl carbamates (subject to hydrolysis) is 1. The molecule has 6 nitrogen and oxygen atoms in total. The summed E-state index contributed by atoms with van der Waals surface area (Å²) in [6.07, 6.45) is -0.692. The molecule has 0 radical (unpaired) electrons. The van der Waals surface area contributed by atoms with E-state index in [1.807, 2.05) is 0 Å². The van der Waals surface area contributed by atoms with Crippen LogP contribution in [0, 0.1) is 0 Å². The third kappa shape index (κ3) is 4.02. The van der Waals surface area contributed by atoms with Gasteiger partial charge in [0.1, 0.15) is 0 Å². The number of nitrogens with one attached hydrogen (secondary N) is 2. The lowest BCUT2D eigenvalue weighted by atomic mass is 10.2. The van der Waals surface area contributed by atoms with Crippen molar-refractivity contribution in [1.29, 1.82) is 0 Å². The maximum Gasteiger partial charge on any atom is 0.413 e. The number of carbonyl (C=O) groups excluding carboxylic acids is 1. The van der Waals surface area contributed by atoms with Crippen molar-refractivity contribution in [3.8, 4) is 0 Å². The topological polar surface area (TPSA) is 87.7 Å². The molecule has 0 aliphatic heterocycles. The molecule has 0 aliphatic rings. The first-order valence-electron chi connectivity index (χ1n) is 5.11. The Morgan fingerprint density at radius 3 is 2.67 bits per heavy atom. The minimum absolute atomic E-state index is 0.0258. The molecule has 0 spiro atoms. The van der Waals surface area contributed by atoms with Crippen LogP contribution >= 0.6 is 12.2 Å². The van der Waals surface area contributed by atoms with Crippen molar-refractivity contribution in [1.82, 2.24) is 5.32 Å². The van der Waals surface area contributed by atoms with Crippen molar-refractivity contribution >= 4 is 35.1 Å². The smallest absolute Gasteiger partial charge is 0.413 e. The Balaban J connectivity index is 2.70. The highest BCUT2D eigenvalue weighted by molar-refractivity contribution is 7.80. The van der Waals surface area contributed by atoms with Gasteiger partial charge in [0.25, 0.3) is 0 Å². The summed E-state index contributed by atoms with van der Waals surface area (Å²) in [5.74, 6) is -1.09. The van der Waals surface area contributed by atoms with E-state index in [4.69, 9.17) is 17.3 Å². The number of carboxylic acids is 1. The molecule has 1 amide bonds. The molecule has 18 heavy (non-hydrogen) atoms. The van der Waals surface area contributed by atoms with Crippen molar-refractivity contribution in [2.75, 3.05) is 11.9 Å². The molecular formula is C11H12N2O4S. The number of aromatic carboxylic acids is 1. The lowest BCUT2D eigenvalue weighted by Gasteiger charge is -2.11. The minimum Gasteiger partial charge on any atom is -0.478 e. The number of anilines is 1. The lowest BCUT2D eigenvalue weighted by molar-refractivity contribution is 0.0698. The molecule has 0 atom stereocenters. The molecule has 0 unspecified atom stereocenters. The van der Waals surface area contributed by atoms with E-state index in [0.29, 0.717) is 5.69 Å². The fourth-order valence-electron chi connectivity index (χ4n) is 1.19. The van der Waals surface area contributed by atoms with Crippen LogP contribution in [0.5, 0.6) is 0 Å². The predicted molar refractivity (Wildman–Crippen MR) is 69.8 cm³/mol. The number of benzene rings is 1. The number of carbonyl (C=O) groups is 2. The van der Waals surface area contributed by atoms with Gasteiger partial charge in [0.15, 0.2) is 5.11 Å². The van der Waals surface area contributed by atoms with Crippen LogP contribution < -0.4 is 10.6 Å². The van der Waals surface area contributed by atoms with Gasteiger partial charge in [-0.3, -0.25) is 5.32 Å². The Morgan fingerprint density at radius 2 is 2.06 bits per heavy atom. The molecule has 1 aromatic carbocycles. The van der Waals surface area contributed by atoms with Crippen molar-refractivity contribution < 1.29 is 19.4 Å². The first kappa shape index (κ1) is 13.9. The molecule has 0 saturated carbocycles. The molecule has 1 rings (SSSR count).